The Balaban J connectivity index is 2.13. The Bertz CT molecular complexity index is 559. The van der Waals surface area contributed by atoms with Crippen molar-refractivity contribution in [1.29, 1.82) is 0 Å². The minimum Gasteiger partial charge on any atom is -0.313 e. The van der Waals surface area contributed by atoms with Crippen LogP contribution in [0.15, 0.2) is 36.4 Å². The Morgan fingerprint density at radius 1 is 0.905 bits per heavy atom. The number of rotatable bonds is 8. The van der Waals surface area contributed by atoms with Gasteiger partial charge in [-0.25, -0.2) is 0 Å². The molecule has 2 aromatic rings. The monoisotopic (exact) mass is 283 g/mol. The molecule has 0 saturated carbocycles. The predicted molar refractivity (Wildman–Crippen MR) is 93.9 cm³/mol. The van der Waals surface area contributed by atoms with Gasteiger partial charge in [-0.1, -0.05) is 75.4 Å². The Morgan fingerprint density at radius 2 is 1.62 bits per heavy atom. The van der Waals surface area contributed by atoms with E-state index >= 15 is 0 Å². The van der Waals surface area contributed by atoms with Crippen LogP contribution in [0.25, 0.3) is 10.8 Å². The van der Waals surface area contributed by atoms with Gasteiger partial charge in [-0.2, -0.15) is 0 Å². The second-order valence-corrected chi connectivity index (χ2v) is 6.06. The van der Waals surface area contributed by atoms with Gasteiger partial charge >= 0.3 is 0 Å². The first-order chi connectivity index (χ1) is 10.3. The van der Waals surface area contributed by atoms with Gasteiger partial charge in [0, 0.05) is 6.04 Å². The van der Waals surface area contributed by atoms with Crippen LogP contribution in [0.1, 0.15) is 62.6 Å². The standard InChI is InChI=1S/C20H29N/c1-4-5-6-7-8-13-20(21-3)19-15-14-16(2)17-11-9-10-12-18(17)19/h9-12,14-15,20-21H,4-8,13H2,1-3H3. The molecule has 0 spiro atoms. The second-order valence-electron chi connectivity index (χ2n) is 6.06. The molecule has 1 unspecified atom stereocenters. The fourth-order valence-electron chi connectivity index (χ4n) is 3.18. The molecule has 0 radical (unpaired) electrons. The number of nitrogens with one attached hydrogen (secondary N) is 1. The summed E-state index contributed by atoms with van der Waals surface area (Å²) in [4.78, 5) is 0. The Morgan fingerprint density at radius 3 is 2.33 bits per heavy atom. The Kier molecular flexibility index (Phi) is 6.25. The molecule has 0 aromatic heterocycles. The fraction of sp³-hybridized carbons (Fsp3) is 0.500. The lowest BCUT2D eigenvalue weighted by atomic mass is 9.93. The van der Waals surface area contributed by atoms with E-state index in [0.29, 0.717) is 6.04 Å². The predicted octanol–water partition coefficient (Wildman–Crippen LogP) is 5.77. The van der Waals surface area contributed by atoms with E-state index in [1.54, 1.807) is 0 Å². The quantitative estimate of drug-likeness (QED) is 0.606. The van der Waals surface area contributed by atoms with E-state index in [0.717, 1.165) is 0 Å². The first-order valence-electron chi connectivity index (χ1n) is 8.43. The molecule has 0 aliphatic rings. The highest BCUT2D eigenvalue weighted by molar-refractivity contribution is 5.88. The van der Waals surface area contributed by atoms with Crippen LogP contribution >= 0.6 is 0 Å². The van der Waals surface area contributed by atoms with Gasteiger partial charge in [0.1, 0.15) is 0 Å². The van der Waals surface area contributed by atoms with Gasteiger partial charge in [0.05, 0.1) is 0 Å². The van der Waals surface area contributed by atoms with Crippen LogP contribution in [0.3, 0.4) is 0 Å². The number of benzene rings is 2. The van der Waals surface area contributed by atoms with Gasteiger partial charge in [-0.15, -0.1) is 0 Å². The number of fused-ring (bicyclic) bond motifs is 1. The Labute approximate surface area is 129 Å². The summed E-state index contributed by atoms with van der Waals surface area (Å²) in [6.07, 6.45) is 7.97. The largest absolute Gasteiger partial charge is 0.313 e. The van der Waals surface area contributed by atoms with Crippen LogP contribution in [0.5, 0.6) is 0 Å². The van der Waals surface area contributed by atoms with Crippen LogP contribution in [-0.2, 0) is 0 Å². The zero-order valence-electron chi connectivity index (χ0n) is 13.8. The Hall–Kier alpha value is -1.34. The van der Waals surface area contributed by atoms with Crippen LogP contribution in [0.2, 0.25) is 0 Å². The van der Waals surface area contributed by atoms with E-state index in [2.05, 4.69) is 62.6 Å². The third kappa shape index (κ3) is 4.07. The van der Waals surface area contributed by atoms with Crippen molar-refractivity contribution >= 4 is 10.8 Å². The summed E-state index contributed by atoms with van der Waals surface area (Å²) in [5, 5.41) is 6.32. The van der Waals surface area contributed by atoms with Crippen LogP contribution in [0.4, 0.5) is 0 Å². The number of hydrogen-bond acceptors (Lipinski definition) is 1. The van der Waals surface area contributed by atoms with Crippen molar-refractivity contribution in [2.24, 2.45) is 0 Å². The summed E-state index contributed by atoms with van der Waals surface area (Å²) >= 11 is 0. The van der Waals surface area contributed by atoms with Crippen LogP contribution in [0, 0.1) is 6.92 Å². The van der Waals surface area contributed by atoms with Gasteiger partial charge in [-0.3, -0.25) is 0 Å². The molecule has 0 fully saturated rings. The maximum Gasteiger partial charge on any atom is 0.0323 e. The third-order valence-electron chi connectivity index (χ3n) is 4.50. The minimum atomic E-state index is 0.470. The molecule has 1 N–H and O–H groups in total. The average molecular weight is 283 g/mol. The second kappa shape index (κ2) is 8.19. The normalized spacial score (nSPS) is 12.7. The van der Waals surface area contributed by atoms with Crippen molar-refractivity contribution in [2.45, 2.75) is 58.4 Å². The van der Waals surface area contributed by atoms with Crippen molar-refractivity contribution in [3.8, 4) is 0 Å². The van der Waals surface area contributed by atoms with E-state index in [4.69, 9.17) is 0 Å². The summed E-state index contributed by atoms with van der Waals surface area (Å²) in [7, 11) is 2.09. The lowest BCUT2D eigenvalue weighted by Gasteiger charge is -2.19. The molecule has 0 saturated heterocycles. The number of aryl methyl sites for hydroxylation is 1. The van der Waals surface area contributed by atoms with Crippen LogP contribution < -0.4 is 5.32 Å². The number of hydrogen-bond donors (Lipinski definition) is 1. The van der Waals surface area contributed by atoms with Crippen molar-refractivity contribution in [3.05, 3.63) is 47.5 Å². The van der Waals surface area contributed by atoms with E-state index in [1.807, 2.05) is 0 Å². The molecule has 0 amide bonds. The molecular formula is C20H29N. The van der Waals surface area contributed by atoms with Crippen molar-refractivity contribution in [2.75, 3.05) is 7.05 Å². The molecule has 1 atom stereocenters. The molecule has 1 nitrogen and oxygen atoms in total. The molecule has 2 rings (SSSR count). The highest BCUT2D eigenvalue weighted by atomic mass is 14.9. The van der Waals surface area contributed by atoms with Crippen molar-refractivity contribution in [3.63, 3.8) is 0 Å². The van der Waals surface area contributed by atoms with Crippen LogP contribution in [-0.4, -0.2) is 7.05 Å². The van der Waals surface area contributed by atoms with Gasteiger partial charge < -0.3 is 5.32 Å². The lowest BCUT2D eigenvalue weighted by Crippen LogP contribution is -2.16. The molecule has 21 heavy (non-hydrogen) atoms. The maximum atomic E-state index is 3.52. The van der Waals surface area contributed by atoms with E-state index < -0.39 is 0 Å². The van der Waals surface area contributed by atoms with Crippen molar-refractivity contribution in [1.82, 2.24) is 5.32 Å². The smallest absolute Gasteiger partial charge is 0.0323 e. The van der Waals surface area contributed by atoms with Gasteiger partial charge in [0.25, 0.3) is 0 Å². The highest BCUT2D eigenvalue weighted by Gasteiger charge is 2.12. The van der Waals surface area contributed by atoms with Gasteiger partial charge in [0.15, 0.2) is 0 Å². The average Bonchev–Trinajstić information content (AvgIpc) is 2.52. The first kappa shape index (κ1) is 16.0. The number of unbranched alkanes of at least 4 members (excludes halogenated alkanes) is 4. The minimum absolute atomic E-state index is 0.470. The van der Waals surface area contributed by atoms with Gasteiger partial charge in [-0.05, 0) is 42.3 Å². The lowest BCUT2D eigenvalue weighted by molar-refractivity contribution is 0.503. The summed E-state index contributed by atoms with van der Waals surface area (Å²) in [5.74, 6) is 0. The fourth-order valence-corrected chi connectivity index (χ4v) is 3.18. The summed E-state index contributed by atoms with van der Waals surface area (Å²) in [5.41, 5.74) is 2.82. The molecule has 2 aromatic carbocycles. The zero-order valence-corrected chi connectivity index (χ0v) is 13.8. The zero-order chi connectivity index (χ0) is 15.1. The molecule has 114 valence electrons. The molecule has 0 heterocycles. The van der Waals surface area contributed by atoms with E-state index in [1.165, 1.54) is 60.4 Å². The summed E-state index contributed by atoms with van der Waals surface area (Å²) in [6.45, 7) is 4.47. The highest BCUT2D eigenvalue weighted by Crippen LogP contribution is 2.29. The third-order valence-corrected chi connectivity index (χ3v) is 4.50. The summed E-state index contributed by atoms with van der Waals surface area (Å²) in [6, 6.07) is 13.8. The molecule has 0 bridgehead atoms. The molecule has 1 heteroatoms. The first-order valence-corrected chi connectivity index (χ1v) is 8.43. The van der Waals surface area contributed by atoms with Crippen molar-refractivity contribution < 1.29 is 0 Å². The maximum absolute atomic E-state index is 3.52. The van der Waals surface area contributed by atoms with E-state index in [9.17, 15) is 0 Å². The SMILES string of the molecule is CCCCCCCC(NC)c1ccc(C)c2ccccc12. The summed E-state index contributed by atoms with van der Waals surface area (Å²) < 4.78 is 0. The molecule has 0 aliphatic heterocycles. The molecule has 0 aliphatic carbocycles. The topological polar surface area (TPSA) is 12.0 Å². The van der Waals surface area contributed by atoms with Gasteiger partial charge in [0.2, 0.25) is 0 Å². The van der Waals surface area contributed by atoms with E-state index in [-0.39, 0.29) is 0 Å². The molecular weight excluding hydrogens is 254 g/mol.